The molecule has 118 valence electrons. The SMILES string of the molecule is CCC1(CNC(C)c2ccc(CC(C)C)cc2)CCCC1. The predicted molar refractivity (Wildman–Crippen MR) is 92.6 cm³/mol. The Kier molecular flexibility index (Phi) is 5.87. The third kappa shape index (κ3) is 4.57. The summed E-state index contributed by atoms with van der Waals surface area (Å²) < 4.78 is 0. The highest BCUT2D eigenvalue weighted by molar-refractivity contribution is 5.25. The number of hydrogen-bond donors (Lipinski definition) is 1. The number of benzene rings is 1. The van der Waals surface area contributed by atoms with Crippen LogP contribution < -0.4 is 5.32 Å². The zero-order valence-corrected chi connectivity index (χ0v) is 14.4. The summed E-state index contributed by atoms with van der Waals surface area (Å²) in [6, 6.07) is 9.69. The molecule has 1 aromatic rings. The van der Waals surface area contributed by atoms with E-state index in [1.807, 2.05) is 0 Å². The van der Waals surface area contributed by atoms with Gasteiger partial charge >= 0.3 is 0 Å². The summed E-state index contributed by atoms with van der Waals surface area (Å²) >= 11 is 0. The summed E-state index contributed by atoms with van der Waals surface area (Å²) in [7, 11) is 0. The lowest BCUT2D eigenvalue weighted by Gasteiger charge is -2.30. The van der Waals surface area contributed by atoms with E-state index in [0.717, 1.165) is 5.92 Å². The fourth-order valence-electron chi connectivity index (χ4n) is 3.68. The number of hydrogen-bond acceptors (Lipinski definition) is 1. The van der Waals surface area contributed by atoms with Crippen LogP contribution in [0.25, 0.3) is 0 Å². The fourth-order valence-corrected chi connectivity index (χ4v) is 3.68. The molecule has 1 atom stereocenters. The van der Waals surface area contributed by atoms with E-state index >= 15 is 0 Å². The molecule has 1 aliphatic carbocycles. The second kappa shape index (κ2) is 7.45. The summed E-state index contributed by atoms with van der Waals surface area (Å²) in [5.41, 5.74) is 3.46. The molecular weight excluding hydrogens is 254 g/mol. The van der Waals surface area contributed by atoms with Crippen molar-refractivity contribution in [2.24, 2.45) is 11.3 Å². The van der Waals surface area contributed by atoms with E-state index in [-0.39, 0.29) is 0 Å². The van der Waals surface area contributed by atoms with Gasteiger partial charge in [-0.3, -0.25) is 0 Å². The first-order valence-electron chi connectivity index (χ1n) is 8.87. The van der Waals surface area contributed by atoms with Crippen LogP contribution in [0.1, 0.15) is 77.0 Å². The molecule has 2 rings (SSSR count). The van der Waals surface area contributed by atoms with Gasteiger partial charge in [-0.15, -0.1) is 0 Å². The van der Waals surface area contributed by atoms with E-state index in [4.69, 9.17) is 0 Å². The van der Waals surface area contributed by atoms with E-state index in [9.17, 15) is 0 Å². The summed E-state index contributed by atoms with van der Waals surface area (Å²) in [6.45, 7) is 10.4. The van der Waals surface area contributed by atoms with Gasteiger partial charge in [0, 0.05) is 12.6 Å². The second-order valence-electron chi connectivity index (χ2n) is 7.50. The molecule has 1 aromatic carbocycles. The van der Waals surface area contributed by atoms with E-state index < -0.39 is 0 Å². The van der Waals surface area contributed by atoms with E-state index in [1.54, 1.807) is 0 Å². The van der Waals surface area contributed by atoms with Crippen molar-refractivity contribution in [3.05, 3.63) is 35.4 Å². The van der Waals surface area contributed by atoms with Gasteiger partial charge in [-0.25, -0.2) is 0 Å². The Balaban J connectivity index is 1.89. The topological polar surface area (TPSA) is 12.0 Å². The van der Waals surface area contributed by atoms with Crippen LogP contribution in [-0.4, -0.2) is 6.54 Å². The van der Waals surface area contributed by atoms with Gasteiger partial charge in [0.25, 0.3) is 0 Å². The second-order valence-corrected chi connectivity index (χ2v) is 7.50. The summed E-state index contributed by atoms with van der Waals surface area (Å²) in [5.74, 6) is 0.734. The molecule has 0 heterocycles. The predicted octanol–water partition coefficient (Wildman–Crippen LogP) is 5.51. The monoisotopic (exact) mass is 287 g/mol. The van der Waals surface area contributed by atoms with Gasteiger partial charge in [-0.05, 0) is 55.1 Å². The lowest BCUT2D eigenvalue weighted by atomic mass is 9.83. The normalized spacial score (nSPS) is 19.1. The molecule has 1 N–H and O–H groups in total. The highest BCUT2D eigenvalue weighted by atomic mass is 14.9. The fraction of sp³-hybridized carbons (Fsp3) is 0.700. The summed E-state index contributed by atoms with van der Waals surface area (Å²) in [5, 5.41) is 3.79. The molecule has 1 heteroatoms. The maximum Gasteiger partial charge on any atom is 0.0292 e. The van der Waals surface area contributed by atoms with Crippen LogP contribution in [0.15, 0.2) is 24.3 Å². The Morgan fingerprint density at radius 3 is 2.19 bits per heavy atom. The quantitative estimate of drug-likeness (QED) is 0.697. The zero-order chi connectivity index (χ0) is 15.3. The third-order valence-electron chi connectivity index (χ3n) is 5.32. The maximum absolute atomic E-state index is 3.79. The van der Waals surface area contributed by atoms with Gasteiger partial charge in [0.05, 0.1) is 0 Å². The first-order valence-corrected chi connectivity index (χ1v) is 8.87. The molecule has 0 spiro atoms. The Labute approximate surface area is 131 Å². The van der Waals surface area contributed by atoms with Crippen LogP contribution in [0.3, 0.4) is 0 Å². The lowest BCUT2D eigenvalue weighted by Crippen LogP contribution is -2.33. The van der Waals surface area contributed by atoms with Crippen molar-refractivity contribution in [1.82, 2.24) is 5.32 Å². The van der Waals surface area contributed by atoms with E-state index in [0.29, 0.717) is 11.5 Å². The van der Waals surface area contributed by atoms with Gasteiger partial charge in [-0.2, -0.15) is 0 Å². The number of rotatable bonds is 7. The Morgan fingerprint density at radius 2 is 1.67 bits per heavy atom. The molecule has 1 fully saturated rings. The Morgan fingerprint density at radius 1 is 1.05 bits per heavy atom. The molecular formula is C20H33N. The molecule has 0 amide bonds. The van der Waals surface area contributed by atoms with Crippen molar-refractivity contribution in [2.75, 3.05) is 6.54 Å². The van der Waals surface area contributed by atoms with Crippen LogP contribution in [0, 0.1) is 11.3 Å². The average Bonchev–Trinajstić information content (AvgIpc) is 2.94. The van der Waals surface area contributed by atoms with Gasteiger partial charge in [0.1, 0.15) is 0 Å². The first kappa shape index (κ1) is 16.5. The third-order valence-corrected chi connectivity index (χ3v) is 5.32. The zero-order valence-electron chi connectivity index (χ0n) is 14.4. The minimum absolute atomic E-state index is 0.460. The molecule has 0 bridgehead atoms. The van der Waals surface area contributed by atoms with Crippen molar-refractivity contribution < 1.29 is 0 Å². The van der Waals surface area contributed by atoms with Gasteiger partial charge in [0.2, 0.25) is 0 Å². The largest absolute Gasteiger partial charge is 0.310 e. The van der Waals surface area contributed by atoms with E-state index in [2.05, 4.69) is 57.3 Å². The Hall–Kier alpha value is -0.820. The van der Waals surface area contributed by atoms with Crippen LogP contribution in [0.4, 0.5) is 0 Å². The standard InChI is InChI=1S/C20H33N/c1-5-20(12-6-7-13-20)15-21-17(4)19-10-8-18(9-11-19)14-16(2)3/h8-11,16-17,21H,5-7,12-15H2,1-4H3. The molecule has 0 saturated heterocycles. The minimum atomic E-state index is 0.460. The molecule has 1 nitrogen and oxygen atoms in total. The highest BCUT2D eigenvalue weighted by Gasteiger charge is 2.31. The Bertz CT molecular complexity index is 412. The summed E-state index contributed by atoms with van der Waals surface area (Å²) in [4.78, 5) is 0. The van der Waals surface area contributed by atoms with Crippen molar-refractivity contribution >= 4 is 0 Å². The molecule has 0 aromatic heterocycles. The van der Waals surface area contributed by atoms with Crippen molar-refractivity contribution in [3.63, 3.8) is 0 Å². The molecule has 0 aliphatic heterocycles. The average molecular weight is 287 g/mol. The minimum Gasteiger partial charge on any atom is -0.310 e. The molecule has 21 heavy (non-hydrogen) atoms. The highest BCUT2D eigenvalue weighted by Crippen LogP contribution is 2.40. The number of nitrogens with one attached hydrogen (secondary N) is 1. The van der Waals surface area contributed by atoms with Crippen molar-refractivity contribution in [3.8, 4) is 0 Å². The van der Waals surface area contributed by atoms with Gasteiger partial charge in [-0.1, -0.05) is 57.9 Å². The smallest absolute Gasteiger partial charge is 0.0292 e. The molecule has 1 unspecified atom stereocenters. The van der Waals surface area contributed by atoms with Crippen molar-refractivity contribution in [1.29, 1.82) is 0 Å². The summed E-state index contributed by atoms with van der Waals surface area (Å²) in [6.07, 6.45) is 8.18. The van der Waals surface area contributed by atoms with Crippen LogP contribution in [0.2, 0.25) is 0 Å². The van der Waals surface area contributed by atoms with Crippen LogP contribution in [-0.2, 0) is 6.42 Å². The van der Waals surface area contributed by atoms with Gasteiger partial charge in [0.15, 0.2) is 0 Å². The lowest BCUT2D eigenvalue weighted by molar-refractivity contribution is 0.259. The molecule has 1 saturated carbocycles. The van der Waals surface area contributed by atoms with Crippen LogP contribution >= 0.6 is 0 Å². The van der Waals surface area contributed by atoms with E-state index in [1.165, 1.54) is 56.2 Å². The molecule has 0 radical (unpaired) electrons. The van der Waals surface area contributed by atoms with Gasteiger partial charge < -0.3 is 5.32 Å². The van der Waals surface area contributed by atoms with Crippen molar-refractivity contribution in [2.45, 2.75) is 72.3 Å². The van der Waals surface area contributed by atoms with Crippen LogP contribution in [0.5, 0.6) is 0 Å². The maximum atomic E-state index is 3.79. The molecule has 1 aliphatic rings. The first-order chi connectivity index (χ1) is 10.0.